The van der Waals surface area contributed by atoms with Crippen LogP contribution in [0.2, 0.25) is 0 Å². The molecule has 2 saturated heterocycles. The molecule has 1 N–H and O–H groups in total. The number of methoxy groups -OCH3 is 2. The molecule has 180 valence electrons. The Balaban J connectivity index is 1.40. The predicted molar refractivity (Wildman–Crippen MR) is 127 cm³/mol. The number of amides is 1. The summed E-state index contributed by atoms with van der Waals surface area (Å²) in [6.07, 6.45) is 7.34. The van der Waals surface area contributed by atoms with Crippen molar-refractivity contribution in [2.45, 2.75) is 32.4 Å². The highest BCUT2D eigenvalue weighted by atomic mass is 16.5. The van der Waals surface area contributed by atoms with E-state index in [1.54, 1.807) is 14.2 Å². The highest BCUT2D eigenvalue weighted by Crippen LogP contribution is 2.28. The monoisotopic (exact) mass is 455 g/mol. The molecule has 0 saturated carbocycles. The fraction of sp³-hybridized carbons (Fsp3) is 0.600. The molecule has 3 heterocycles. The first-order valence-electron chi connectivity index (χ1n) is 11.9. The molecule has 1 aromatic heterocycles. The average molecular weight is 456 g/mol. The lowest BCUT2D eigenvalue weighted by molar-refractivity contribution is -0.128. The van der Waals surface area contributed by atoms with Gasteiger partial charge in [0.25, 0.3) is 0 Å². The van der Waals surface area contributed by atoms with E-state index in [4.69, 9.17) is 9.47 Å². The van der Waals surface area contributed by atoms with Crippen molar-refractivity contribution in [3.8, 4) is 11.5 Å². The van der Waals surface area contributed by atoms with E-state index in [1.807, 2.05) is 37.6 Å². The van der Waals surface area contributed by atoms with Crippen molar-refractivity contribution in [3.05, 3.63) is 42.0 Å². The van der Waals surface area contributed by atoms with Gasteiger partial charge in [-0.25, -0.2) is 4.98 Å². The van der Waals surface area contributed by atoms with E-state index in [1.165, 1.54) is 25.9 Å². The normalized spacial score (nSPS) is 21.8. The largest absolute Gasteiger partial charge is 0.493 e. The van der Waals surface area contributed by atoms with Gasteiger partial charge in [0.15, 0.2) is 11.5 Å². The number of hydrogen-bond acceptors (Lipinski definition) is 6. The number of carbonyl (C=O) groups is 1. The van der Waals surface area contributed by atoms with Gasteiger partial charge in [0.1, 0.15) is 5.82 Å². The van der Waals surface area contributed by atoms with E-state index in [-0.39, 0.29) is 11.8 Å². The Morgan fingerprint density at radius 1 is 1.12 bits per heavy atom. The highest BCUT2D eigenvalue weighted by Gasteiger charge is 2.33. The number of carbonyl (C=O) groups excluding carboxylic acids is 1. The molecule has 0 radical (unpaired) electrons. The highest BCUT2D eigenvalue weighted by molar-refractivity contribution is 5.79. The minimum absolute atomic E-state index is 0.0215. The van der Waals surface area contributed by atoms with Crippen molar-refractivity contribution in [3.63, 3.8) is 0 Å². The van der Waals surface area contributed by atoms with Crippen LogP contribution in [0.25, 0.3) is 0 Å². The van der Waals surface area contributed by atoms with E-state index in [0.29, 0.717) is 24.0 Å². The smallest absolute Gasteiger partial charge is 0.224 e. The van der Waals surface area contributed by atoms with Gasteiger partial charge in [0.2, 0.25) is 5.91 Å². The van der Waals surface area contributed by atoms with Crippen LogP contribution in [0.3, 0.4) is 0 Å². The number of likely N-dealkylation sites (tertiary alicyclic amines) is 2. The fourth-order valence-corrected chi connectivity index (χ4v) is 5.16. The molecule has 0 aliphatic carbocycles. The number of imidazole rings is 1. The van der Waals surface area contributed by atoms with Crippen molar-refractivity contribution in [2.24, 2.45) is 18.9 Å². The topological polar surface area (TPSA) is 71.9 Å². The van der Waals surface area contributed by atoms with E-state index in [2.05, 4.69) is 24.7 Å². The van der Waals surface area contributed by atoms with Crippen molar-refractivity contribution >= 4 is 5.91 Å². The first-order chi connectivity index (χ1) is 16.1. The lowest BCUT2D eigenvalue weighted by Crippen LogP contribution is -2.48. The number of nitrogens with one attached hydrogen (secondary N) is 1. The summed E-state index contributed by atoms with van der Waals surface area (Å²) in [6, 6.07) is 5.76. The van der Waals surface area contributed by atoms with E-state index in [9.17, 15) is 4.79 Å². The SMILES string of the molecule is COc1ccc(CNC(=O)[C@@H]2C[C@H](CN3CCCC3)CN(Cc3nccn3C)C2)cc1OC. The van der Waals surface area contributed by atoms with Crippen LogP contribution in [0, 0.1) is 11.8 Å². The Morgan fingerprint density at radius 2 is 1.91 bits per heavy atom. The molecule has 33 heavy (non-hydrogen) atoms. The van der Waals surface area contributed by atoms with Gasteiger partial charge in [0, 0.05) is 45.6 Å². The fourth-order valence-electron chi connectivity index (χ4n) is 5.16. The summed E-state index contributed by atoms with van der Waals surface area (Å²) in [5.74, 6) is 3.01. The van der Waals surface area contributed by atoms with Gasteiger partial charge in [-0.05, 0) is 56.0 Å². The number of benzene rings is 1. The van der Waals surface area contributed by atoms with Gasteiger partial charge in [-0.3, -0.25) is 9.69 Å². The molecule has 8 heteroatoms. The van der Waals surface area contributed by atoms with Crippen LogP contribution >= 0.6 is 0 Å². The third-order valence-electron chi connectivity index (χ3n) is 6.90. The Morgan fingerprint density at radius 3 is 2.61 bits per heavy atom. The van der Waals surface area contributed by atoms with Crippen molar-refractivity contribution in [1.29, 1.82) is 0 Å². The summed E-state index contributed by atoms with van der Waals surface area (Å²) in [5.41, 5.74) is 0.996. The van der Waals surface area contributed by atoms with Gasteiger partial charge in [-0.15, -0.1) is 0 Å². The quantitative estimate of drug-likeness (QED) is 0.626. The summed E-state index contributed by atoms with van der Waals surface area (Å²) < 4.78 is 12.8. The maximum atomic E-state index is 13.2. The van der Waals surface area contributed by atoms with Crippen LogP contribution in [0.1, 0.15) is 30.7 Å². The second kappa shape index (κ2) is 11.0. The van der Waals surface area contributed by atoms with Crippen LogP contribution in [0.4, 0.5) is 0 Å². The third kappa shape index (κ3) is 6.06. The van der Waals surface area contributed by atoms with Crippen LogP contribution < -0.4 is 14.8 Å². The Hall–Kier alpha value is -2.58. The second-order valence-corrected chi connectivity index (χ2v) is 9.36. The van der Waals surface area contributed by atoms with Crippen LogP contribution in [0.15, 0.2) is 30.6 Å². The molecule has 1 amide bonds. The van der Waals surface area contributed by atoms with Crippen LogP contribution in [0.5, 0.6) is 11.5 Å². The molecule has 2 aromatic rings. The average Bonchev–Trinajstić information content (AvgIpc) is 3.48. The lowest BCUT2D eigenvalue weighted by Gasteiger charge is -2.38. The summed E-state index contributed by atoms with van der Waals surface area (Å²) in [6.45, 7) is 6.49. The Labute approximate surface area is 196 Å². The maximum absolute atomic E-state index is 13.2. The summed E-state index contributed by atoms with van der Waals surface area (Å²) in [5, 5.41) is 3.17. The second-order valence-electron chi connectivity index (χ2n) is 9.36. The molecular weight excluding hydrogens is 418 g/mol. The molecule has 8 nitrogen and oxygen atoms in total. The molecule has 4 rings (SSSR count). The lowest BCUT2D eigenvalue weighted by atomic mass is 9.88. The standard InChI is InChI=1S/C25H37N5O3/c1-28-11-8-26-24(28)18-30-16-20(15-29-9-4-5-10-29)12-21(17-30)25(31)27-14-19-6-7-22(32-2)23(13-19)33-3/h6-8,11,13,20-21H,4-5,9-10,12,14-18H2,1-3H3,(H,27,31)/t20-,21-/m1/s1. The molecule has 2 aliphatic heterocycles. The number of piperidine rings is 1. The molecule has 2 fully saturated rings. The predicted octanol–water partition coefficient (Wildman–Crippen LogP) is 2.29. The third-order valence-corrected chi connectivity index (χ3v) is 6.90. The van der Waals surface area contributed by atoms with Gasteiger partial charge in [0.05, 0.1) is 26.7 Å². The van der Waals surface area contributed by atoms with Gasteiger partial charge in [-0.1, -0.05) is 6.07 Å². The van der Waals surface area contributed by atoms with Gasteiger partial charge in [-0.2, -0.15) is 0 Å². The van der Waals surface area contributed by atoms with Crippen molar-refractivity contribution in [2.75, 3.05) is 46.9 Å². The number of hydrogen-bond donors (Lipinski definition) is 1. The zero-order valence-electron chi connectivity index (χ0n) is 20.1. The summed E-state index contributed by atoms with van der Waals surface area (Å²) in [7, 11) is 5.28. The molecule has 2 atom stereocenters. The molecule has 1 aromatic carbocycles. The van der Waals surface area contributed by atoms with E-state index >= 15 is 0 Å². The molecular formula is C25H37N5O3. The maximum Gasteiger partial charge on any atom is 0.224 e. The molecule has 0 spiro atoms. The summed E-state index contributed by atoms with van der Waals surface area (Å²) >= 11 is 0. The number of rotatable bonds is 9. The number of aromatic nitrogens is 2. The minimum Gasteiger partial charge on any atom is -0.493 e. The van der Waals surface area contributed by atoms with Gasteiger partial charge < -0.3 is 24.3 Å². The van der Waals surface area contributed by atoms with E-state index < -0.39 is 0 Å². The number of nitrogens with zero attached hydrogens (tertiary/aromatic N) is 4. The van der Waals surface area contributed by atoms with E-state index in [0.717, 1.165) is 44.0 Å². The zero-order chi connectivity index (χ0) is 23.2. The molecule has 0 unspecified atom stereocenters. The summed E-state index contributed by atoms with van der Waals surface area (Å²) in [4.78, 5) is 22.7. The van der Waals surface area contributed by atoms with Crippen molar-refractivity contribution in [1.82, 2.24) is 24.7 Å². The number of ether oxygens (including phenoxy) is 2. The zero-order valence-corrected chi connectivity index (χ0v) is 20.1. The first kappa shape index (κ1) is 23.6. The first-order valence-corrected chi connectivity index (χ1v) is 11.9. The Kier molecular flexibility index (Phi) is 7.88. The minimum atomic E-state index is -0.0215. The van der Waals surface area contributed by atoms with Gasteiger partial charge >= 0.3 is 0 Å². The van der Waals surface area contributed by atoms with Crippen LogP contribution in [-0.4, -0.2) is 72.2 Å². The Bertz CT molecular complexity index is 925. The van der Waals surface area contributed by atoms with Crippen molar-refractivity contribution < 1.29 is 14.3 Å². The van der Waals surface area contributed by atoms with Crippen LogP contribution in [-0.2, 0) is 24.9 Å². The number of aryl methyl sites for hydroxylation is 1. The molecule has 0 bridgehead atoms. The molecule has 2 aliphatic rings.